The fourth-order valence-corrected chi connectivity index (χ4v) is 2.32. The first kappa shape index (κ1) is 17.1. The average Bonchev–Trinajstić information content (AvgIpc) is 2.97. The number of hydrogen-bond donors (Lipinski definition) is 1. The molecule has 1 N–H and O–H groups in total. The van der Waals surface area contributed by atoms with E-state index in [9.17, 15) is 19.5 Å². The van der Waals surface area contributed by atoms with Crippen molar-refractivity contribution < 1.29 is 29.0 Å². The van der Waals surface area contributed by atoms with Crippen LogP contribution in [-0.4, -0.2) is 28.9 Å². The minimum Gasteiger partial charge on any atom is -0.478 e. The van der Waals surface area contributed by atoms with Gasteiger partial charge < -0.3 is 14.6 Å². The van der Waals surface area contributed by atoms with Gasteiger partial charge in [-0.3, -0.25) is 4.79 Å². The van der Waals surface area contributed by atoms with E-state index in [2.05, 4.69) is 4.99 Å². The predicted octanol–water partition coefficient (Wildman–Crippen LogP) is 2.65. The van der Waals surface area contributed by atoms with Gasteiger partial charge in [0.15, 0.2) is 5.70 Å². The topological polar surface area (TPSA) is 102 Å². The van der Waals surface area contributed by atoms with E-state index in [0.717, 1.165) is 0 Å². The number of hydrogen-bond acceptors (Lipinski definition) is 6. The number of carbonyl (C=O) groups excluding carboxylic acids is 2. The molecule has 1 aliphatic heterocycles. The van der Waals surface area contributed by atoms with E-state index in [1.165, 1.54) is 31.2 Å². The van der Waals surface area contributed by atoms with Gasteiger partial charge in [0.25, 0.3) is 0 Å². The number of nitrogens with zero attached hydrogens (tertiary/aromatic N) is 1. The molecule has 2 aromatic carbocycles. The molecule has 0 saturated heterocycles. The van der Waals surface area contributed by atoms with Gasteiger partial charge in [-0.1, -0.05) is 24.3 Å². The third-order valence-electron chi connectivity index (χ3n) is 3.43. The van der Waals surface area contributed by atoms with Crippen LogP contribution < -0.4 is 4.74 Å². The van der Waals surface area contributed by atoms with Crippen molar-refractivity contribution in [3.05, 3.63) is 70.9 Å². The number of carboxylic acids is 1. The Bertz CT molecular complexity index is 959. The van der Waals surface area contributed by atoms with Crippen molar-refractivity contribution >= 4 is 29.9 Å². The largest absolute Gasteiger partial charge is 0.478 e. The third kappa shape index (κ3) is 3.67. The summed E-state index contributed by atoms with van der Waals surface area (Å²) >= 11 is 0. The first-order valence-corrected chi connectivity index (χ1v) is 7.58. The zero-order valence-corrected chi connectivity index (χ0v) is 13.6. The molecular formula is C19H13NO6. The molecule has 1 heterocycles. The number of aromatic carboxylic acids is 1. The molecule has 2 aromatic rings. The lowest BCUT2D eigenvalue weighted by Gasteiger charge is -2.06. The van der Waals surface area contributed by atoms with Crippen LogP contribution in [0.3, 0.4) is 0 Å². The molecule has 0 unspecified atom stereocenters. The highest BCUT2D eigenvalue weighted by Crippen LogP contribution is 2.24. The monoisotopic (exact) mass is 351 g/mol. The molecule has 0 atom stereocenters. The normalized spacial score (nSPS) is 14.7. The minimum atomic E-state index is -1.26. The van der Waals surface area contributed by atoms with Crippen LogP contribution in [0.15, 0.2) is 59.2 Å². The van der Waals surface area contributed by atoms with Crippen molar-refractivity contribution in [3.8, 4) is 5.75 Å². The molecule has 3 rings (SSSR count). The molecule has 7 heteroatoms. The van der Waals surface area contributed by atoms with E-state index < -0.39 is 17.9 Å². The van der Waals surface area contributed by atoms with Crippen LogP contribution in [0.5, 0.6) is 5.75 Å². The second-order valence-electron chi connectivity index (χ2n) is 5.36. The Morgan fingerprint density at radius 3 is 2.54 bits per heavy atom. The van der Waals surface area contributed by atoms with Gasteiger partial charge in [-0.05, 0) is 35.9 Å². The number of cyclic esters (lactones) is 1. The first-order valence-electron chi connectivity index (χ1n) is 7.58. The summed E-state index contributed by atoms with van der Waals surface area (Å²) in [7, 11) is 0. The van der Waals surface area contributed by atoms with E-state index in [4.69, 9.17) is 9.47 Å². The quantitative estimate of drug-likeness (QED) is 0.516. The van der Waals surface area contributed by atoms with Crippen LogP contribution >= 0.6 is 0 Å². The molecule has 0 amide bonds. The van der Waals surface area contributed by atoms with Gasteiger partial charge >= 0.3 is 17.9 Å². The van der Waals surface area contributed by atoms with Crippen molar-refractivity contribution in [1.29, 1.82) is 0 Å². The van der Waals surface area contributed by atoms with Gasteiger partial charge in [0, 0.05) is 12.5 Å². The molecule has 0 spiro atoms. The number of carbonyl (C=O) groups is 3. The summed E-state index contributed by atoms with van der Waals surface area (Å²) in [4.78, 5) is 38.6. The Kier molecular flexibility index (Phi) is 4.62. The van der Waals surface area contributed by atoms with E-state index >= 15 is 0 Å². The summed E-state index contributed by atoms with van der Waals surface area (Å²) in [6.07, 6.45) is 1.41. The standard InChI is InChI=1S/C19H13NO6/c1-11(21)25-16-8-7-12(9-14(16)18(22)23)10-15-19(24)26-17(20-15)13-5-3-2-4-6-13/h2-10H,1H3,(H,22,23). The van der Waals surface area contributed by atoms with Crippen LogP contribution in [0.1, 0.15) is 28.4 Å². The number of benzene rings is 2. The van der Waals surface area contributed by atoms with Gasteiger partial charge in [-0.2, -0.15) is 0 Å². The van der Waals surface area contributed by atoms with E-state index in [1.807, 2.05) is 6.07 Å². The van der Waals surface area contributed by atoms with Crippen LogP contribution in [0.25, 0.3) is 6.08 Å². The van der Waals surface area contributed by atoms with Crippen molar-refractivity contribution in [2.45, 2.75) is 6.92 Å². The van der Waals surface area contributed by atoms with Gasteiger partial charge in [0.05, 0.1) is 0 Å². The van der Waals surface area contributed by atoms with Crippen LogP contribution in [0, 0.1) is 0 Å². The maximum absolute atomic E-state index is 12.0. The van der Waals surface area contributed by atoms with E-state index in [-0.39, 0.29) is 22.9 Å². The van der Waals surface area contributed by atoms with E-state index in [1.54, 1.807) is 24.3 Å². The fraction of sp³-hybridized carbons (Fsp3) is 0.0526. The first-order chi connectivity index (χ1) is 12.4. The Morgan fingerprint density at radius 1 is 1.15 bits per heavy atom. The summed E-state index contributed by atoms with van der Waals surface area (Å²) in [5.74, 6) is -2.42. The number of aliphatic imine (C=N–C) groups is 1. The highest BCUT2D eigenvalue weighted by atomic mass is 16.6. The smallest absolute Gasteiger partial charge is 0.363 e. The third-order valence-corrected chi connectivity index (χ3v) is 3.43. The van der Waals surface area contributed by atoms with Crippen molar-refractivity contribution in [2.24, 2.45) is 4.99 Å². The zero-order valence-electron chi connectivity index (χ0n) is 13.6. The molecule has 0 saturated carbocycles. The molecule has 130 valence electrons. The second-order valence-corrected chi connectivity index (χ2v) is 5.36. The summed E-state index contributed by atoms with van der Waals surface area (Å²) in [6.45, 7) is 1.18. The molecule has 0 aromatic heterocycles. The maximum Gasteiger partial charge on any atom is 0.363 e. The maximum atomic E-state index is 12.0. The number of carboxylic acid groups (broad SMARTS) is 1. The molecule has 0 bridgehead atoms. The molecule has 0 aliphatic carbocycles. The minimum absolute atomic E-state index is 0.0421. The summed E-state index contributed by atoms with van der Waals surface area (Å²) in [5, 5.41) is 9.28. The lowest BCUT2D eigenvalue weighted by Crippen LogP contribution is -2.07. The van der Waals surface area contributed by atoms with Crippen molar-refractivity contribution in [3.63, 3.8) is 0 Å². The highest BCUT2D eigenvalue weighted by Gasteiger charge is 2.24. The van der Waals surface area contributed by atoms with Crippen LogP contribution in [0.4, 0.5) is 0 Å². The Balaban J connectivity index is 1.95. The molecular weight excluding hydrogens is 338 g/mol. The van der Waals surface area contributed by atoms with Crippen molar-refractivity contribution in [2.75, 3.05) is 0 Å². The van der Waals surface area contributed by atoms with Gasteiger partial charge in [-0.25, -0.2) is 14.6 Å². The molecule has 0 radical (unpaired) electrons. The zero-order chi connectivity index (χ0) is 18.7. The molecule has 1 aliphatic rings. The lowest BCUT2D eigenvalue weighted by molar-refractivity contribution is -0.132. The predicted molar refractivity (Wildman–Crippen MR) is 91.8 cm³/mol. The average molecular weight is 351 g/mol. The second kappa shape index (κ2) is 7.02. The number of esters is 2. The van der Waals surface area contributed by atoms with Gasteiger partial charge in [0.2, 0.25) is 5.90 Å². The van der Waals surface area contributed by atoms with Gasteiger partial charge in [0.1, 0.15) is 11.3 Å². The van der Waals surface area contributed by atoms with E-state index in [0.29, 0.717) is 11.1 Å². The Hall–Kier alpha value is -3.74. The molecule has 0 fully saturated rings. The summed E-state index contributed by atoms with van der Waals surface area (Å²) < 4.78 is 10.0. The Labute approximate surface area is 148 Å². The fourth-order valence-electron chi connectivity index (χ4n) is 2.32. The Morgan fingerprint density at radius 2 is 1.88 bits per heavy atom. The number of rotatable bonds is 4. The van der Waals surface area contributed by atoms with Crippen molar-refractivity contribution in [1.82, 2.24) is 0 Å². The summed E-state index contributed by atoms with van der Waals surface area (Å²) in [5.41, 5.74) is 0.901. The highest BCUT2D eigenvalue weighted by molar-refractivity contribution is 6.12. The molecule has 7 nitrogen and oxygen atoms in total. The number of ether oxygens (including phenoxy) is 2. The van der Waals surface area contributed by atoms with Crippen LogP contribution in [0.2, 0.25) is 0 Å². The van der Waals surface area contributed by atoms with Crippen LogP contribution in [-0.2, 0) is 14.3 Å². The van der Waals surface area contributed by atoms with Gasteiger partial charge in [-0.15, -0.1) is 0 Å². The lowest BCUT2D eigenvalue weighted by atomic mass is 10.1. The SMILES string of the molecule is CC(=O)Oc1ccc(C=C2N=C(c3ccccc3)OC2=O)cc1C(=O)O. The summed E-state index contributed by atoms with van der Waals surface area (Å²) in [6, 6.07) is 13.1. The molecule has 26 heavy (non-hydrogen) atoms.